The minimum atomic E-state index is 0.325. The fourth-order valence-corrected chi connectivity index (χ4v) is 3.86. The smallest absolute Gasteiger partial charge is 0.115 e. The molecule has 0 radical (unpaired) electrons. The summed E-state index contributed by atoms with van der Waals surface area (Å²) in [5.41, 5.74) is 6.23. The molecule has 4 heteroatoms. The van der Waals surface area contributed by atoms with E-state index in [1.54, 1.807) is 12.1 Å². The van der Waals surface area contributed by atoms with E-state index in [9.17, 15) is 5.11 Å². The SMILES string of the molecule is Cc1ccc(-c2cn[nH]c2[C@H]2CCCN(Cc3ccc(O)cc3)C2)cc1. The van der Waals surface area contributed by atoms with Gasteiger partial charge in [-0.3, -0.25) is 10.00 Å². The van der Waals surface area contributed by atoms with Crippen molar-refractivity contribution in [1.29, 1.82) is 0 Å². The Labute approximate surface area is 154 Å². The van der Waals surface area contributed by atoms with Crippen LogP contribution in [0.1, 0.15) is 35.6 Å². The van der Waals surface area contributed by atoms with Crippen molar-refractivity contribution in [1.82, 2.24) is 15.1 Å². The van der Waals surface area contributed by atoms with Crippen LogP contribution in [0.5, 0.6) is 5.75 Å². The molecule has 3 aromatic rings. The molecule has 0 spiro atoms. The van der Waals surface area contributed by atoms with Crippen LogP contribution < -0.4 is 0 Å². The van der Waals surface area contributed by atoms with Crippen LogP contribution in [-0.4, -0.2) is 33.3 Å². The molecule has 1 fully saturated rings. The lowest BCUT2D eigenvalue weighted by molar-refractivity contribution is 0.198. The quantitative estimate of drug-likeness (QED) is 0.732. The fraction of sp³-hybridized carbons (Fsp3) is 0.318. The van der Waals surface area contributed by atoms with Gasteiger partial charge in [-0.1, -0.05) is 42.0 Å². The van der Waals surface area contributed by atoms with Crippen molar-refractivity contribution in [3.8, 4) is 16.9 Å². The monoisotopic (exact) mass is 347 g/mol. The molecule has 4 rings (SSSR count). The second kappa shape index (κ2) is 7.34. The first-order valence-corrected chi connectivity index (χ1v) is 9.29. The first-order chi connectivity index (χ1) is 12.7. The zero-order valence-electron chi connectivity index (χ0n) is 15.2. The Morgan fingerprint density at radius 3 is 2.65 bits per heavy atom. The van der Waals surface area contributed by atoms with E-state index < -0.39 is 0 Å². The largest absolute Gasteiger partial charge is 0.508 e. The van der Waals surface area contributed by atoms with E-state index >= 15 is 0 Å². The Bertz CT molecular complexity index is 852. The predicted molar refractivity (Wildman–Crippen MR) is 104 cm³/mol. The molecule has 0 amide bonds. The first-order valence-electron chi connectivity index (χ1n) is 9.29. The highest BCUT2D eigenvalue weighted by atomic mass is 16.3. The Kier molecular flexibility index (Phi) is 4.76. The average molecular weight is 347 g/mol. The molecular formula is C22H25N3O. The highest BCUT2D eigenvalue weighted by Crippen LogP contribution is 2.33. The summed E-state index contributed by atoms with van der Waals surface area (Å²) in [5, 5.41) is 17.1. The Morgan fingerprint density at radius 2 is 1.88 bits per heavy atom. The lowest BCUT2D eigenvalue weighted by Crippen LogP contribution is -2.34. The van der Waals surface area contributed by atoms with Crippen LogP contribution in [-0.2, 0) is 6.54 Å². The molecule has 134 valence electrons. The average Bonchev–Trinajstić information content (AvgIpc) is 3.14. The number of piperidine rings is 1. The van der Waals surface area contributed by atoms with Gasteiger partial charge in [-0.2, -0.15) is 5.10 Å². The number of aryl methyl sites for hydroxylation is 1. The van der Waals surface area contributed by atoms with Crippen molar-refractivity contribution < 1.29 is 5.11 Å². The highest BCUT2D eigenvalue weighted by molar-refractivity contribution is 5.66. The summed E-state index contributed by atoms with van der Waals surface area (Å²) in [6.45, 7) is 5.18. The van der Waals surface area contributed by atoms with Gasteiger partial charge in [0.1, 0.15) is 5.75 Å². The van der Waals surface area contributed by atoms with Crippen LogP contribution in [0.2, 0.25) is 0 Å². The summed E-state index contributed by atoms with van der Waals surface area (Å²) in [6.07, 6.45) is 4.33. The van der Waals surface area contributed by atoms with E-state index in [0.717, 1.165) is 19.6 Å². The van der Waals surface area contributed by atoms with Crippen molar-refractivity contribution in [2.45, 2.75) is 32.2 Å². The summed E-state index contributed by atoms with van der Waals surface area (Å²) < 4.78 is 0. The second-order valence-electron chi connectivity index (χ2n) is 7.30. The van der Waals surface area contributed by atoms with Gasteiger partial charge in [0, 0.05) is 30.3 Å². The minimum Gasteiger partial charge on any atom is -0.508 e. The lowest BCUT2D eigenvalue weighted by atomic mass is 9.90. The summed E-state index contributed by atoms with van der Waals surface area (Å²) in [4.78, 5) is 2.50. The van der Waals surface area contributed by atoms with Gasteiger partial charge in [0.25, 0.3) is 0 Å². The molecule has 0 aliphatic carbocycles. The number of aromatic amines is 1. The third-order valence-electron chi connectivity index (χ3n) is 5.29. The lowest BCUT2D eigenvalue weighted by Gasteiger charge is -2.32. The molecule has 1 atom stereocenters. The molecule has 0 bridgehead atoms. The van der Waals surface area contributed by atoms with Gasteiger partial charge in [0.05, 0.1) is 6.20 Å². The molecular weight excluding hydrogens is 322 g/mol. The van der Waals surface area contributed by atoms with Crippen molar-refractivity contribution in [3.63, 3.8) is 0 Å². The molecule has 2 aromatic carbocycles. The third-order valence-corrected chi connectivity index (χ3v) is 5.29. The Hall–Kier alpha value is -2.59. The van der Waals surface area contributed by atoms with Gasteiger partial charge in [-0.15, -0.1) is 0 Å². The standard InChI is InChI=1S/C22H25N3O/c1-16-4-8-18(9-5-16)21-13-23-24-22(21)19-3-2-12-25(15-19)14-17-6-10-20(26)11-7-17/h4-11,13,19,26H,2-3,12,14-15H2,1H3,(H,23,24)/t19-/m0/s1. The highest BCUT2D eigenvalue weighted by Gasteiger charge is 2.25. The number of aromatic hydroxyl groups is 1. The first kappa shape index (κ1) is 16.9. The van der Waals surface area contributed by atoms with Gasteiger partial charge >= 0.3 is 0 Å². The number of benzene rings is 2. The maximum atomic E-state index is 9.46. The Morgan fingerprint density at radius 1 is 1.12 bits per heavy atom. The van der Waals surface area contributed by atoms with E-state index in [-0.39, 0.29) is 0 Å². The number of likely N-dealkylation sites (tertiary alicyclic amines) is 1. The fourth-order valence-electron chi connectivity index (χ4n) is 3.86. The van der Waals surface area contributed by atoms with Crippen LogP contribution in [0.25, 0.3) is 11.1 Å². The summed E-state index contributed by atoms with van der Waals surface area (Å²) >= 11 is 0. The van der Waals surface area contributed by atoms with Crippen molar-refractivity contribution in [2.75, 3.05) is 13.1 Å². The summed E-state index contributed by atoms with van der Waals surface area (Å²) in [5.74, 6) is 0.796. The zero-order chi connectivity index (χ0) is 17.9. The van der Waals surface area contributed by atoms with Crippen LogP contribution in [0.15, 0.2) is 54.7 Å². The predicted octanol–water partition coefficient (Wildman–Crippen LogP) is 4.47. The Balaban J connectivity index is 1.51. The number of nitrogens with zero attached hydrogens (tertiary/aromatic N) is 2. The molecule has 1 aliphatic heterocycles. The molecule has 2 heterocycles. The number of aromatic nitrogens is 2. The van der Waals surface area contributed by atoms with Crippen LogP contribution in [0.4, 0.5) is 0 Å². The molecule has 0 saturated carbocycles. The number of hydrogen-bond donors (Lipinski definition) is 2. The maximum Gasteiger partial charge on any atom is 0.115 e. The number of H-pyrrole nitrogens is 1. The number of phenols is 1. The van der Waals surface area contributed by atoms with Crippen molar-refractivity contribution in [2.24, 2.45) is 0 Å². The number of nitrogens with one attached hydrogen (secondary N) is 1. The van der Waals surface area contributed by atoms with Gasteiger partial charge in [0.15, 0.2) is 0 Å². The molecule has 1 saturated heterocycles. The topological polar surface area (TPSA) is 52.2 Å². The van der Waals surface area contributed by atoms with Crippen LogP contribution in [0.3, 0.4) is 0 Å². The maximum absolute atomic E-state index is 9.46. The molecule has 2 N–H and O–H groups in total. The van der Waals surface area contributed by atoms with Crippen molar-refractivity contribution >= 4 is 0 Å². The van der Waals surface area contributed by atoms with E-state index in [4.69, 9.17) is 0 Å². The summed E-state index contributed by atoms with van der Waals surface area (Å²) in [7, 11) is 0. The molecule has 4 nitrogen and oxygen atoms in total. The number of hydrogen-bond acceptors (Lipinski definition) is 3. The van der Waals surface area contributed by atoms with Crippen molar-refractivity contribution in [3.05, 3.63) is 71.5 Å². The number of rotatable bonds is 4. The van der Waals surface area contributed by atoms with Crippen LogP contribution >= 0.6 is 0 Å². The van der Waals surface area contributed by atoms with Crippen LogP contribution in [0, 0.1) is 6.92 Å². The molecule has 26 heavy (non-hydrogen) atoms. The van der Waals surface area contributed by atoms with E-state index in [1.165, 1.54) is 40.8 Å². The molecule has 1 aliphatic rings. The minimum absolute atomic E-state index is 0.325. The van der Waals surface area contributed by atoms with Gasteiger partial charge in [-0.05, 0) is 49.6 Å². The van der Waals surface area contributed by atoms with Gasteiger partial charge in [-0.25, -0.2) is 0 Å². The second-order valence-corrected chi connectivity index (χ2v) is 7.30. The zero-order valence-corrected chi connectivity index (χ0v) is 15.2. The molecule has 0 unspecified atom stereocenters. The number of phenolic OH excluding ortho intramolecular Hbond substituents is 1. The normalized spacial score (nSPS) is 18.1. The van der Waals surface area contributed by atoms with E-state index in [0.29, 0.717) is 11.7 Å². The van der Waals surface area contributed by atoms with Gasteiger partial charge in [0.2, 0.25) is 0 Å². The van der Waals surface area contributed by atoms with E-state index in [1.807, 2.05) is 18.3 Å². The van der Waals surface area contributed by atoms with E-state index in [2.05, 4.69) is 46.3 Å². The van der Waals surface area contributed by atoms with Gasteiger partial charge < -0.3 is 5.11 Å². The molecule has 1 aromatic heterocycles. The third kappa shape index (κ3) is 3.65. The summed E-state index contributed by atoms with van der Waals surface area (Å²) in [6, 6.07) is 16.2.